The second-order valence-corrected chi connectivity index (χ2v) is 4.67. The summed E-state index contributed by atoms with van der Waals surface area (Å²) in [7, 11) is 0. The normalized spacial score (nSPS) is 24.6. The number of nitrogens with zero attached hydrogens (tertiary/aromatic N) is 1. The summed E-state index contributed by atoms with van der Waals surface area (Å²) in [5.74, 6) is 0.667. The van der Waals surface area contributed by atoms with Crippen molar-refractivity contribution in [2.75, 3.05) is 0 Å². The van der Waals surface area contributed by atoms with Crippen molar-refractivity contribution in [1.29, 1.82) is 5.26 Å². The van der Waals surface area contributed by atoms with E-state index >= 15 is 0 Å². The number of rotatable bonds is 3. The topological polar surface area (TPSA) is 44.0 Å². The Bertz CT molecular complexity index is 213. The van der Waals surface area contributed by atoms with E-state index < -0.39 is 11.5 Å². The Morgan fingerprint density at radius 3 is 2.08 bits per heavy atom. The van der Waals surface area contributed by atoms with Crippen LogP contribution >= 0.6 is 0 Å². The van der Waals surface area contributed by atoms with E-state index in [1.54, 1.807) is 0 Å². The SMILES string of the molecule is CC(C)C(C)C(O)C1(C#N)CCC1. The van der Waals surface area contributed by atoms with Gasteiger partial charge in [-0.2, -0.15) is 5.26 Å². The molecular weight excluding hydrogens is 162 g/mol. The Morgan fingerprint density at radius 2 is 1.85 bits per heavy atom. The molecule has 0 saturated heterocycles. The van der Waals surface area contributed by atoms with Crippen molar-refractivity contribution in [3.63, 3.8) is 0 Å². The summed E-state index contributed by atoms with van der Waals surface area (Å²) in [5, 5.41) is 19.1. The quantitative estimate of drug-likeness (QED) is 0.726. The molecule has 0 bridgehead atoms. The van der Waals surface area contributed by atoms with Crippen molar-refractivity contribution < 1.29 is 5.11 Å². The Morgan fingerprint density at radius 1 is 1.31 bits per heavy atom. The molecule has 13 heavy (non-hydrogen) atoms. The molecule has 74 valence electrons. The number of hydrogen-bond donors (Lipinski definition) is 1. The van der Waals surface area contributed by atoms with Gasteiger partial charge in [-0.3, -0.25) is 0 Å². The van der Waals surface area contributed by atoms with Crippen LogP contribution in [-0.4, -0.2) is 11.2 Å². The fourth-order valence-corrected chi connectivity index (χ4v) is 1.90. The van der Waals surface area contributed by atoms with Gasteiger partial charge >= 0.3 is 0 Å². The van der Waals surface area contributed by atoms with Crippen molar-refractivity contribution in [1.82, 2.24) is 0 Å². The molecule has 1 aliphatic carbocycles. The van der Waals surface area contributed by atoms with Crippen molar-refractivity contribution in [3.05, 3.63) is 0 Å². The van der Waals surface area contributed by atoms with Gasteiger partial charge in [-0.25, -0.2) is 0 Å². The van der Waals surface area contributed by atoms with E-state index in [0.717, 1.165) is 19.3 Å². The number of aliphatic hydroxyl groups excluding tert-OH is 1. The average molecular weight is 181 g/mol. The van der Waals surface area contributed by atoms with Gasteiger partial charge in [-0.1, -0.05) is 27.2 Å². The molecule has 1 rings (SSSR count). The van der Waals surface area contributed by atoms with Crippen molar-refractivity contribution >= 4 is 0 Å². The Balaban J connectivity index is 2.66. The summed E-state index contributed by atoms with van der Waals surface area (Å²) in [4.78, 5) is 0. The average Bonchev–Trinajstić information content (AvgIpc) is 2.01. The van der Waals surface area contributed by atoms with E-state index in [-0.39, 0.29) is 5.92 Å². The molecule has 2 heteroatoms. The molecule has 0 aromatic heterocycles. The molecule has 0 aromatic carbocycles. The van der Waals surface area contributed by atoms with Crippen molar-refractivity contribution in [3.8, 4) is 6.07 Å². The molecule has 0 aromatic rings. The molecule has 1 aliphatic rings. The van der Waals surface area contributed by atoms with Gasteiger partial charge in [0, 0.05) is 0 Å². The standard InChI is InChI=1S/C11H19NO/c1-8(2)9(3)10(13)11(7-12)5-4-6-11/h8-10,13H,4-6H2,1-3H3. The van der Waals surface area contributed by atoms with Crippen LogP contribution in [0.3, 0.4) is 0 Å². The molecular formula is C11H19NO. The molecule has 0 spiro atoms. The van der Waals surface area contributed by atoms with Crippen LogP contribution in [-0.2, 0) is 0 Å². The van der Waals surface area contributed by atoms with E-state index in [1.165, 1.54) is 0 Å². The number of nitriles is 1. The van der Waals surface area contributed by atoms with Crippen LogP contribution in [0.25, 0.3) is 0 Å². The van der Waals surface area contributed by atoms with Crippen LogP contribution < -0.4 is 0 Å². The highest BCUT2D eigenvalue weighted by atomic mass is 16.3. The summed E-state index contributed by atoms with van der Waals surface area (Å²) in [6.07, 6.45) is 2.41. The highest BCUT2D eigenvalue weighted by molar-refractivity contribution is 5.09. The Hall–Kier alpha value is -0.550. The molecule has 1 saturated carbocycles. The highest BCUT2D eigenvalue weighted by Crippen LogP contribution is 2.46. The third-order valence-electron chi connectivity index (χ3n) is 3.58. The van der Waals surface area contributed by atoms with Crippen LogP contribution in [0.15, 0.2) is 0 Å². The largest absolute Gasteiger partial charge is 0.391 e. The molecule has 1 fully saturated rings. The van der Waals surface area contributed by atoms with Crippen LogP contribution in [0.1, 0.15) is 40.0 Å². The van der Waals surface area contributed by atoms with Gasteiger partial charge in [0.2, 0.25) is 0 Å². The zero-order valence-corrected chi connectivity index (χ0v) is 8.75. The summed E-state index contributed by atoms with van der Waals surface area (Å²) >= 11 is 0. The zero-order valence-electron chi connectivity index (χ0n) is 8.75. The lowest BCUT2D eigenvalue weighted by atomic mass is 9.62. The molecule has 0 amide bonds. The highest BCUT2D eigenvalue weighted by Gasteiger charge is 2.46. The lowest BCUT2D eigenvalue weighted by molar-refractivity contribution is -0.0381. The first kappa shape index (κ1) is 10.5. The number of hydrogen-bond acceptors (Lipinski definition) is 2. The van der Waals surface area contributed by atoms with Gasteiger partial charge in [0.1, 0.15) is 0 Å². The van der Waals surface area contributed by atoms with Gasteiger partial charge in [-0.15, -0.1) is 0 Å². The molecule has 1 N–H and O–H groups in total. The van der Waals surface area contributed by atoms with Gasteiger partial charge in [0.15, 0.2) is 0 Å². The zero-order chi connectivity index (χ0) is 10.1. The minimum Gasteiger partial charge on any atom is -0.391 e. The lowest BCUT2D eigenvalue weighted by Gasteiger charge is -2.42. The van der Waals surface area contributed by atoms with Gasteiger partial charge in [0.25, 0.3) is 0 Å². The first-order valence-electron chi connectivity index (χ1n) is 5.13. The second-order valence-electron chi connectivity index (χ2n) is 4.67. The van der Waals surface area contributed by atoms with Crippen LogP contribution in [0.2, 0.25) is 0 Å². The van der Waals surface area contributed by atoms with Crippen molar-refractivity contribution in [2.45, 2.75) is 46.1 Å². The van der Waals surface area contributed by atoms with Crippen LogP contribution in [0, 0.1) is 28.6 Å². The lowest BCUT2D eigenvalue weighted by Crippen LogP contribution is -2.44. The minimum atomic E-state index is -0.439. The van der Waals surface area contributed by atoms with Crippen LogP contribution in [0.5, 0.6) is 0 Å². The summed E-state index contributed by atoms with van der Waals surface area (Å²) in [6.45, 7) is 6.22. The first-order valence-corrected chi connectivity index (χ1v) is 5.13. The maximum absolute atomic E-state index is 10.0. The monoisotopic (exact) mass is 181 g/mol. The molecule has 0 aliphatic heterocycles. The predicted molar refractivity (Wildman–Crippen MR) is 51.9 cm³/mol. The third-order valence-corrected chi connectivity index (χ3v) is 3.58. The van der Waals surface area contributed by atoms with Gasteiger partial charge in [0.05, 0.1) is 17.6 Å². The summed E-state index contributed by atoms with van der Waals surface area (Å²) in [6, 6.07) is 2.30. The smallest absolute Gasteiger partial charge is 0.0835 e. The maximum atomic E-state index is 10.0. The van der Waals surface area contributed by atoms with E-state index in [9.17, 15) is 5.11 Å². The minimum absolute atomic E-state index is 0.222. The molecule has 2 unspecified atom stereocenters. The Labute approximate surface area is 80.6 Å². The molecule has 0 radical (unpaired) electrons. The van der Waals surface area contributed by atoms with Crippen molar-refractivity contribution in [2.24, 2.45) is 17.3 Å². The fourth-order valence-electron chi connectivity index (χ4n) is 1.90. The predicted octanol–water partition coefficient (Wildman–Crippen LogP) is 2.33. The van der Waals surface area contributed by atoms with Gasteiger partial charge < -0.3 is 5.11 Å². The number of aliphatic hydroxyl groups is 1. The Kier molecular flexibility index (Phi) is 2.98. The van der Waals surface area contributed by atoms with E-state index in [2.05, 4.69) is 19.9 Å². The second kappa shape index (κ2) is 3.67. The summed E-state index contributed by atoms with van der Waals surface area (Å²) < 4.78 is 0. The van der Waals surface area contributed by atoms with E-state index in [4.69, 9.17) is 5.26 Å². The molecule has 2 nitrogen and oxygen atoms in total. The molecule has 2 atom stereocenters. The van der Waals surface area contributed by atoms with E-state index in [0.29, 0.717) is 5.92 Å². The third kappa shape index (κ3) is 1.71. The van der Waals surface area contributed by atoms with E-state index in [1.807, 2.05) is 6.92 Å². The van der Waals surface area contributed by atoms with Gasteiger partial charge in [-0.05, 0) is 24.7 Å². The maximum Gasteiger partial charge on any atom is 0.0835 e. The van der Waals surface area contributed by atoms with Crippen LogP contribution in [0.4, 0.5) is 0 Å². The molecule has 0 heterocycles. The first-order chi connectivity index (χ1) is 6.03. The fraction of sp³-hybridized carbons (Fsp3) is 0.909. The summed E-state index contributed by atoms with van der Waals surface area (Å²) in [5.41, 5.74) is -0.413.